The number of benzene rings is 1. The van der Waals surface area contributed by atoms with Gasteiger partial charge in [-0.2, -0.15) is 0 Å². The largest absolute Gasteiger partial charge is 0.357 e. The summed E-state index contributed by atoms with van der Waals surface area (Å²) < 4.78 is 27.7. The second-order valence-corrected chi connectivity index (χ2v) is 4.93. The molecule has 0 amide bonds. The summed E-state index contributed by atoms with van der Waals surface area (Å²) in [7, 11) is -2.47. The zero-order valence-corrected chi connectivity index (χ0v) is 8.91. The van der Waals surface area contributed by atoms with Gasteiger partial charge in [-0.05, 0) is 6.92 Å². The second kappa shape index (κ2) is 3.68. The molecule has 0 spiro atoms. The van der Waals surface area contributed by atoms with Crippen molar-refractivity contribution in [3.05, 3.63) is 35.9 Å². The third kappa shape index (κ3) is 1.79. The fourth-order valence-corrected chi connectivity index (χ4v) is 1.84. The molecule has 1 rings (SSSR count). The van der Waals surface area contributed by atoms with Gasteiger partial charge in [-0.1, -0.05) is 30.3 Å². The number of methoxy groups -OCH3 is 1. The number of nitrogens with two attached hydrogens (primary N) is 1. The summed E-state index contributed by atoms with van der Waals surface area (Å²) >= 11 is 0. The normalized spacial score (nSPS) is 16.2. The molecule has 1 unspecified atom stereocenters. The molecular weight excluding hydrogens is 202 g/mol. The fourth-order valence-electron chi connectivity index (χ4n) is 1.14. The maximum atomic E-state index is 11.3. The van der Waals surface area contributed by atoms with Gasteiger partial charge in [0.1, 0.15) is 0 Å². The van der Waals surface area contributed by atoms with E-state index in [1.165, 1.54) is 14.0 Å². The van der Waals surface area contributed by atoms with Crippen molar-refractivity contribution in [2.45, 2.75) is 11.9 Å². The molecule has 0 saturated heterocycles. The van der Waals surface area contributed by atoms with Gasteiger partial charge in [0.25, 0.3) is 0 Å². The highest BCUT2D eigenvalue weighted by atomic mass is 32.2. The van der Waals surface area contributed by atoms with Gasteiger partial charge in [0.05, 0.1) is 0 Å². The van der Waals surface area contributed by atoms with Gasteiger partial charge in [0.2, 0.25) is 15.0 Å². The van der Waals surface area contributed by atoms with Gasteiger partial charge >= 0.3 is 0 Å². The summed E-state index contributed by atoms with van der Waals surface area (Å²) in [6.07, 6.45) is 0. The number of ether oxygens (including phenoxy) is 1. The van der Waals surface area contributed by atoms with E-state index in [0.717, 1.165) is 0 Å². The number of hydrogen-bond acceptors (Lipinski definition) is 3. The van der Waals surface area contributed by atoms with Crippen LogP contribution in [0.2, 0.25) is 0 Å². The molecule has 4 nitrogen and oxygen atoms in total. The minimum atomic E-state index is -3.79. The van der Waals surface area contributed by atoms with Crippen molar-refractivity contribution in [1.29, 1.82) is 0 Å². The van der Waals surface area contributed by atoms with E-state index in [-0.39, 0.29) is 0 Å². The van der Waals surface area contributed by atoms with Crippen LogP contribution in [-0.2, 0) is 19.7 Å². The van der Waals surface area contributed by atoms with Crippen LogP contribution in [0.4, 0.5) is 0 Å². The Morgan fingerprint density at radius 3 is 2.14 bits per heavy atom. The average molecular weight is 215 g/mol. The first kappa shape index (κ1) is 11.2. The number of hydrogen-bond donors (Lipinski definition) is 1. The molecule has 0 saturated carbocycles. The fraction of sp³-hybridized carbons (Fsp3) is 0.333. The Bertz CT molecular complexity index is 401. The first-order chi connectivity index (χ1) is 6.42. The van der Waals surface area contributed by atoms with Crippen LogP contribution in [0.3, 0.4) is 0 Å². The quantitative estimate of drug-likeness (QED) is 0.810. The number of primary sulfonamides is 1. The highest BCUT2D eigenvalue weighted by molar-refractivity contribution is 7.89. The molecule has 0 aromatic heterocycles. The Morgan fingerprint density at radius 1 is 1.29 bits per heavy atom. The van der Waals surface area contributed by atoms with Gasteiger partial charge in [-0.15, -0.1) is 0 Å². The van der Waals surface area contributed by atoms with E-state index in [4.69, 9.17) is 9.88 Å². The maximum Gasteiger partial charge on any atom is 0.243 e. The van der Waals surface area contributed by atoms with Gasteiger partial charge < -0.3 is 4.74 Å². The Morgan fingerprint density at radius 2 is 1.79 bits per heavy atom. The lowest BCUT2D eigenvalue weighted by atomic mass is 10.1. The van der Waals surface area contributed by atoms with E-state index < -0.39 is 15.0 Å². The lowest BCUT2D eigenvalue weighted by Crippen LogP contribution is -2.39. The molecule has 0 aliphatic heterocycles. The molecule has 1 atom stereocenters. The van der Waals surface area contributed by atoms with Crippen molar-refractivity contribution in [3.8, 4) is 0 Å². The van der Waals surface area contributed by atoms with E-state index in [1.807, 2.05) is 0 Å². The monoisotopic (exact) mass is 215 g/mol. The number of sulfonamides is 1. The molecule has 0 heterocycles. The molecule has 5 heteroatoms. The predicted molar refractivity (Wildman–Crippen MR) is 53.9 cm³/mol. The summed E-state index contributed by atoms with van der Waals surface area (Å²) in [5.41, 5.74) is 0.519. The maximum absolute atomic E-state index is 11.3. The standard InChI is InChI=1S/C9H13NO3S/c1-9(13-2,14(10,11)12)8-6-4-3-5-7-8/h3-7H,1-2H3,(H2,10,11,12). The molecular formula is C9H13NO3S. The Balaban J connectivity index is 3.30. The first-order valence-corrected chi connectivity index (χ1v) is 5.59. The smallest absolute Gasteiger partial charge is 0.243 e. The molecule has 78 valence electrons. The molecule has 1 aromatic carbocycles. The van der Waals surface area contributed by atoms with Crippen molar-refractivity contribution >= 4 is 10.0 Å². The van der Waals surface area contributed by atoms with Gasteiger partial charge in [0, 0.05) is 12.7 Å². The third-order valence-electron chi connectivity index (χ3n) is 2.23. The predicted octanol–water partition coefficient (Wildman–Crippen LogP) is 0.794. The second-order valence-electron chi connectivity index (χ2n) is 3.06. The van der Waals surface area contributed by atoms with Crippen molar-refractivity contribution in [3.63, 3.8) is 0 Å². The minimum Gasteiger partial charge on any atom is -0.357 e. The van der Waals surface area contributed by atoms with Crippen LogP contribution >= 0.6 is 0 Å². The van der Waals surface area contributed by atoms with Crippen LogP contribution in [0.1, 0.15) is 12.5 Å². The molecule has 2 N–H and O–H groups in total. The summed E-state index contributed by atoms with van der Waals surface area (Å²) in [6.45, 7) is 1.43. The summed E-state index contributed by atoms with van der Waals surface area (Å²) in [5, 5.41) is 5.10. The minimum absolute atomic E-state index is 0.519. The van der Waals surface area contributed by atoms with Crippen molar-refractivity contribution in [1.82, 2.24) is 0 Å². The molecule has 1 aromatic rings. The summed E-state index contributed by atoms with van der Waals surface area (Å²) in [4.78, 5) is -1.48. The zero-order chi connectivity index (χ0) is 10.8. The van der Waals surface area contributed by atoms with Crippen LogP contribution in [-0.4, -0.2) is 15.5 Å². The zero-order valence-electron chi connectivity index (χ0n) is 8.10. The molecule has 0 aliphatic carbocycles. The number of rotatable bonds is 3. The van der Waals surface area contributed by atoms with Crippen LogP contribution in [0, 0.1) is 0 Å². The molecule has 0 radical (unpaired) electrons. The van der Waals surface area contributed by atoms with Crippen LogP contribution in [0.5, 0.6) is 0 Å². The van der Waals surface area contributed by atoms with Crippen molar-refractivity contribution < 1.29 is 13.2 Å². The summed E-state index contributed by atoms with van der Waals surface area (Å²) in [6, 6.07) is 8.58. The van der Waals surface area contributed by atoms with Crippen molar-refractivity contribution in [2.24, 2.45) is 5.14 Å². The highest BCUT2D eigenvalue weighted by Gasteiger charge is 2.38. The lowest BCUT2D eigenvalue weighted by Gasteiger charge is -2.25. The van der Waals surface area contributed by atoms with Crippen LogP contribution in [0.15, 0.2) is 30.3 Å². The Kier molecular flexibility index (Phi) is 2.94. The van der Waals surface area contributed by atoms with E-state index in [1.54, 1.807) is 30.3 Å². The molecule has 0 bridgehead atoms. The van der Waals surface area contributed by atoms with E-state index in [9.17, 15) is 8.42 Å². The van der Waals surface area contributed by atoms with E-state index in [0.29, 0.717) is 5.56 Å². The van der Waals surface area contributed by atoms with E-state index >= 15 is 0 Å². The summed E-state index contributed by atoms with van der Waals surface area (Å²) in [5.74, 6) is 0. The Labute approximate surface area is 83.7 Å². The SMILES string of the molecule is COC(C)(c1ccccc1)S(N)(=O)=O. The van der Waals surface area contributed by atoms with Crippen LogP contribution in [0.25, 0.3) is 0 Å². The van der Waals surface area contributed by atoms with Crippen LogP contribution < -0.4 is 5.14 Å². The Hall–Kier alpha value is -0.910. The first-order valence-electron chi connectivity index (χ1n) is 4.05. The molecule has 0 fully saturated rings. The topological polar surface area (TPSA) is 69.4 Å². The van der Waals surface area contributed by atoms with Gasteiger partial charge in [-0.25, -0.2) is 13.6 Å². The van der Waals surface area contributed by atoms with Gasteiger partial charge in [-0.3, -0.25) is 0 Å². The van der Waals surface area contributed by atoms with Gasteiger partial charge in [0.15, 0.2) is 0 Å². The third-order valence-corrected chi connectivity index (χ3v) is 3.72. The molecule has 14 heavy (non-hydrogen) atoms. The molecule has 0 aliphatic rings. The average Bonchev–Trinajstić information content (AvgIpc) is 2.16. The highest BCUT2D eigenvalue weighted by Crippen LogP contribution is 2.28. The van der Waals surface area contributed by atoms with Crippen molar-refractivity contribution in [2.75, 3.05) is 7.11 Å². The van der Waals surface area contributed by atoms with E-state index in [2.05, 4.69) is 0 Å². The lowest BCUT2D eigenvalue weighted by molar-refractivity contribution is 0.0756.